The van der Waals surface area contributed by atoms with Crippen LogP contribution < -0.4 is 5.32 Å². The van der Waals surface area contributed by atoms with Crippen molar-refractivity contribution in [1.29, 1.82) is 0 Å². The zero-order chi connectivity index (χ0) is 13.1. The molecule has 0 saturated heterocycles. The molecule has 0 unspecified atom stereocenters. The number of hydrogen-bond donors (Lipinski definition) is 1. The van der Waals surface area contributed by atoms with E-state index in [2.05, 4.69) is 20.4 Å². The van der Waals surface area contributed by atoms with Crippen molar-refractivity contribution in [3.63, 3.8) is 0 Å². The van der Waals surface area contributed by atoms with E-state index < -0.39 is 0 Å². The van der Waals surface area contributed by atoms with Crippen molar-refractivity contribution in [1.82, 2.24) is 19.7 Å². The number of aryl methyl sites for hydroxylation is 1. The van der Waals surface area contributed by atoms with Crippen molar-refractivity contribution < 1.29 is 4.79 Å². The highest BCUT2D eigenvalue weighted by molar-refractivity contribution is 6.34. The van der Waals surface area contributed by atoms with Gasteiger partial charge in [-0.15, -0.1) is 0 Å². The van der Waals surface area contributed by atoms with Gasteiger partial charge in [0.1, 0.15) is 24.4 Å². The fourth-order valence-electron chi connectivity index (χ4n) is 1.39. The van der Waals surface area contributed by atoms with Crippen molar-refractivity contribution >= 4 is 34.8 Å². The van der Waals surface area contributed by atoms with Gasteiger partial charge < -0.3 is 5.32 Å². The molecule has 1 N–H and O–H groups in total. The lowest BCUT2D eigenvalue weighted by atomic mass is 10.2. The Morgan fingerprint density at radius 3 is 2.89 bits per heavy atom. The highest BCUT2D eigenvalue weighted by Gasteiger charge is 2.11. The normalized spacial score (nSPS) is 10.4. The van der Waals surface area contributed by atoms with Crippen LogP contribution in [0.5, 0.6) is 0 Å². The number of amides is 1. The van der Waals surface area contributed by atoms with Gasteiger partial charge >= 0.3 is 0 Å². The van der Waals surface area contributed by atoms with Gasteiger partial charge in [0.15, 0.2) is 5.15 Å². The summed E-state index contributed by atoms with van der Waals surface area (Å²) in [4.78, 5) is 19.4. The third-order valence-electron chi connectivity index (χ3n) is 2.18. The lowest BCUT2D eigenvalue weighted by Crippen LogP contribution is -2.20. The first kappa shape index (κ1) is 12.8. The van der Waals surface area contributed by atoms with Crippen molar-refractivity contribution in [2.75, 3.05) is 5.32 Å². The fourth-order valence-corrected chi connectivity index (χ4v) is 1.96. The smallest absolute Gasteiger partial charge is 0.246 e. The van der Waals surface area contributed by atoms with Gasteiger partial charge in [0.05, 0.1) is 5.69 Å². The van der Waals surface area contributed by atoms with E-state index in [-0.39, 0.29) is 22.8 Å². The van der Waals surface area contributed by atoms with E-state index in [1.54, 1.807) is 13.0 Å². The third kappa shape index (κ3) is 2.96. The second kappa shape index (κ2) is 5.32. The number of aromatic nitrogens is 4. The molecule has 0 fully saturated rings. The predicted molar refractivity (Wildman–Crippen MR) is 67.6 cm³/mol. The van der Waals surface area contributed by atoms with Gasteiger partial charge in [-0.2, -0.15) is 5.10 Å². The Labute approximate surface area is 113 Å². The van der Waals surface area contributed by atoms with E-state index in [9.17, 15) is 4.79 Å². The maximum absolute atomic E-state index is 11.8. The summed E-state index contributed by atoms with van der Waals surface area (Å²) in [5.74, 6) is -0.269. The zero-order valence-corrected chi connectivity index (χ0v) is 10.9. The summed E-state index contributed by atoms with van der Waals surface area (Å²) in [7, 11) is 0. The number of pyridine rings is 1. The molecule has 0 aliphatic heterocycles. The highest BCUT2D eigenvalue weighted by Crippen LogP contribution is 2.26. The molecular formula is C10H9Cl2N5O. The van der Waals surface area contributed by atoms with Gasteiger partial charge in [-0.1, -0.05) is 23.2 Å². The first-order valence-electron chi connectivity index (χ1n) is 5.01. The number of nitrogens with zero attached hydrogens (tertiary/aromatic N) is 4. The second-order valence-corrected chi connectivity index (χ2v) is 4.31. The topological polar surface area (TPSA) is 72.7 Å². The molecule has 0 spiro atoms. The molecule has 94 valence electrons. The van der Waals surface area contributed by atoms with Crippen LogP contribution in [0.15, 0.2) is 18.7 Å². The maximum Gasteiger partial charge on any atom is 0.246 e. The molecule has 2 aromatic rings. The Kier molecular flexibility index (Phi) is 3.78. The van der Waals surface area contributed by atoms with Crippen molar-refractivity contribution in [3.05, 3.63) is 34.6 Å². The SMILES string of the molecule is Cc1cc(Cl)nc(Cl)c1NC(=O)Cn1cncn1. The van der Waals surface area contributed by atoms with Crippen LogP contribution in [0.4, 0.5) is 5.69 Å². The molecule has 6 nitrogen and oxygen atoms in total. The van der Waals surface area contributed by atoms with Gasteiger partial charge in [0.25, 0.3) is 0 Å². The molecular weight excluding hydrogens is 277 g/mol. The van der Waals surface area contributed by atoms with Crippen LogP contribution in [-0.4, -0.2) is 25.7 Å². The summed E-state index contributed by atoms with van der Waals surface area (Å²) in [6.07, 6.45) is 2.81. The molecule has 0 aliphatic carbocycles. The van der Waals surface area contributed by atoms with Crippen molar-refractivity contribution in [3.8, 4) is 0 Å². The van der Waals surface area contributed by atoms with Gasteiger partial charge in [0.2, 0.25) is 5.91 Å². The number of halogens is 2. The predicted octanol–water partition coefficient (Wildman–Crippen LogP) is 1.93. The lowest BCUT2D eigenvalue weighted by Gasteiger charge is -2.10. The maximum atomic E-state index is 11.8. The van der Waals surface area contributed by atoms with E-state index in [4.69, 9.17) is 23.2 Å². The molecule has 18 heavy (non-hydrogen) atoms. The lowest BCUT2D eigenvalue weighted by molar-refractivity contribution is -0.116. The Hall–Kier alpha value is -1.66. The van der Waals surface area contributed by atoms with Gasteiger partial charge in [-0.3, -0.25) is 4.79 Å². The third-order valence-corrected chi connectivity index (χ3v) is 2.64. The number of nitrogens with one attached hydrogen (secondary N) is 1. The first-order valence-corrected chi connectivity index (χ1v) is 5.77. The molecule has 2 heterocycles. The molecule has 2 aromatic heterocycles. The number of carbonyl (C=O) groups is 1. The van der Waals surface area contributed by atoms with E-state index >= 15 is 0 Å². The van der Waals surface area contributed by atoms with Crippen LogP contribution >= 0.6 is 23.2 Å². The minimum atomic E-state index is -0.269. The van der Waals surface area contributed by atoms with E-state index in [1.165, 1.54) is 17.3 Å². The molecule has 0 atom stereocenters. The summed E-state index contributed by atoms with van der Waals surface area (Å²) in [6.45, 7) is 1.84. The molecule has 2 rings (SSSR count). The summed E-state index contributed by atoms with van der Waals surface area (Å²) < 4.78 is 1.40. The van der Waals surface area contributed by atoms with E-state index in [0.29, 0.717) is 5.69 Å². The van der Waals surface area contributed by atoms with Crippen LogP contribution in [0.2, 0.25) is 10.3 Å². The quantitative estimate of drug-likeness (QED) is 0.875. The Morgan fingerprint density at radius 1 is 1.50 bits per heavy atom. The monoisotopic (exact) mass is 285 g/mol. The largest absolute Gasteiger partial charge is 0.322 e. The summed E-state index contributed by atoms with van der Waals surface area (Å²) in [6, 6.07) is 1.62. The van der Waals surface area contributed by atoms with Crippen LogP contribution in [0, 0.1) is 6.92 Å². The standard InChI is InChI=1S/C10H9Cl2N5O/c1-6-2-7(11)15-10(12)9(6)16-8(18)3-17-5-13-4-14-17/h2,4-5H,3H2,1H3,(H,16,18). The Morgan fingerprint density at radius 2 is 2.28 bits per heavy atom. The van der Waals surface area contributed by atoms with Crippen LogP contribution in [0.25, 0.3) is 0 Å². The van der Waals surface area contributed by atoms with E-state index in [1.807, 2.05) is 0 Å². The van der Waals surface area contributed by atoms with Gasteiger partial charge in [-0.25, -0.2) is 14.6 Å². The second-order valence-electron chi connectivity index (χ2n) is 3.57. The minimum Gasteiger partial charge on any atom is -0.322 e. The number of carbonyl (C=O) groups excluding carboxylic acids is 1. The van der Waals surface area contributed by atoms with Crippen molar-refractivity contribution in [2.45, 2.75) is 13.5 Å². The first-order chi connectivity index (χ1) is 8.56. The molecule has 0 aromatic carbocycles. The molecule has 8 heteroatoms. The molecule has 0 bridgehead atoms. The molecule has 0 aliphatic rings. The minimum absolute atomic E-state index is 0.0540. The highest BCUT2D eigenvalue weighted by atomic mass is 35.5. The number of anilines is 1. The Bertz CT molecular complexity index is 547. The van der Waals surface area contributed by atoms with Gasteiger partial charge in [-0.05, 0) is 18.6 Å². The Balaban J connectivity index is 2.12. The average molecular weight is 286 g/mol. The van der Waals surface area contributed by atoms with Crippen LogP contribution in [0.1, 0.15) is 5.56 Å². The molecule has 1 amide bonds. The van der Waals surface area contributed by atoms with Crippen LogP contribution in [0.3, 0.4) is 0 Å². The van der Waals surface area contributed by atoms with Crippen molar-refractivity contribution in [2.24, 2.45) is 0 Å². The molecule has 0 saturated carbocycles. The van der Waals surface area contributed by atoms with Crippen LogP contribution in [-0.2, 0) is 11.3 Å². The summed E-state index contributed by atoms with van der Waals surface area (Å²) in [5.41, 5.74) is 1.19. The zero-order valence-electron chi connectivity index (χ0n) is 9.39. The molecule has 0 radical (unpaired) electrons. The summed E-state index contributed by atoms with van der Waals surface area (Å²) in [5, 5.41) is 6.94. The van der Waals surface area contributed by atoms with E-state index in [0.717, 1.165) is 5.56 Å². The number of hydrogen-bond acceptors (Lipinski definition) is 4. The average Bonchev–Trinajstić information content (AvgIpc) is 2.76. The number of rotatable bonds is 3. The summed E-state index contributed by atoms with van der Waals surface area (Å²) >= 11 is 11.7. The van der Waals surface area contributed by atoms with Gasteiger partial charge in [0, 0.05) is 0 Å². The fraction of sp³-hybridized carbons (Fsp3) is 0.200.